The number of carbonyl (C=O) groups is 2. The first-order valence-electron chi connectivity index (χ1n) is 13.1. The Labute approximate surface area is 228 Å². The van der Waals surface area contributed by atoms with Gasteiger partial charge >= 0.3 is 0 Å². The van der Waals surface area contributed by atoms with E-state index < -0.39 is 29.5 Å². The van der Waals surface area contributed by atoms with Gasteiger partial charge < -0.3 is 15.5 Å². The molecule has 4 rings (SSSR count). The van der Waals surface area contributed by atoms with Crippen LogP contribution in [0.15, 0.2) is 42.5 Å². The highest BCUT2D eigenvalue weighted by Gasteiger charge is 2.45. The van der Waals surface area contributed by atoms with Gasteiger partial charge in [-0.3, -0.25) is 14.5 Å². The molecule has 0 aromatic heterocycles. The van der Waals surface area contributed by atoms with Crippen molar-refractivity contribution in [3.8, 4) is 0 Å². The fourth-order valence-corrected chi connectivity index (χ4v) is 5.85. The second kappa shape index (κ2) is 11.3. The number of rotatable bonds is 5. The fourth-order valence-electron chi connectivity index (χ4n) is 5.64. The van der Waals surface area contributed by atoms with E-state index in [4.69, 9.17) is 17.3 Å². The zero-order valence-corrected chi connectivity index (χ0v) is 23.2. The summed E-state index contributed by atoms with van der Waals surface area (Å²) in [5.41, 5.74) is 7.23. The lowest BCUT2D eigenvalue weighted by Crippen LogP contribution is -2.59. The molecule has 38 heavy (non-hydrogen) atoms. The quantitative estimate of drug-likeness (QED) is 0.614. The summed E-state index contributed by atoms with van der Waals surface area (Å²) < 4.78 is 28.5. The molecule has 2 aliphatic rings. The predicted octanol–water partition coefficient (Wildman–Crippen LogP) is 4.06. The molecule has 0 radical (unpaired) electrons. The third kappa shape index (κ3) is 6.03. The lowest BCUT2D eigenvalue weighted by molar-refractivity contribution is -0.145. The minimum absolute atomic E-state index is 0.0644. The van der Waals surface area contributed by atoms with Crippen LogP contribution in [0.2, 0.25) is 5.02 Å². The van der Waals surface area contributed by atoms with Crippen LogP contribution < -0.4 is 5.73 Å². The maximum atomic E-state index is 14.8. The lowest BCUT2D eigenvalue weighted by Gasteiger charge is -2.42. The number of nitrogens with two attached hydrogens (primary N) is 1. The van der Waals surface area contributed by atoms with Crippen molar-refractivity contribution in [3.05, 3.63) is 70.2 Å². The van der Waals surface area contributed by atoms with Crippen molar-refractivity contribution in [1.82, 2.24) is 14.7 Å². The van der Waals surface area contributed by atoms with Gasteiger partial charge in [-0.15, -0.1) is 0 Å². The Morgan fingerprint density at radius 1 is 1.08 bits per heavy atom. The average molecular weight is 547 g/mol. The van der Waals surface area contributed by atoms with E-state index in [-0.39, 0.29) is 23.4 Å². The molecular formula is C29H37ClF2N4O2. The Kier molecular flexibility index (Phi) is 8.45. The molecule has 0 aliphatic carbocycles. The highest BCUT2D eigenvalue weighted by molar-refractivity contribution is 6.31. The number of carbonyl (C=O) groups excluding carboxylic acids is 2. The molecule has 2 aliphatic heterocycles. The molecule has 0 bridgehead atoms. The molecule has 0 spiro atoms. The summed E-state index contributed by atoms with van der Waals surface area (Å²) in [6, 6.07) is 9.96. The van der Waals surface area contributed by atoms with E-state index in [9.17, 15) is 18.4 Å². The summed E-state index contributed by atoms with van der Waals surface area (Å²) in [7, 11) is 0. The molecule has 2 saturated heterocycles. The molecule has 2 N–H and O–H groups in total. The second-order valence-electron chi connectivity index (χ2n) is 11.5. The van der Waals surface area contributed by atoms with Crippen LogP contribution in [0, 0.1) is 17.6 Å². The normalized spacial score (nSPS) is 23.5. The summed E-state index contributed by atoms with van der Waals surface area (Å²) in [5.74, 6) is -2.36. The van der Waals surface area contributed by atoms with Crippen LogP contribution >= 0.6 is 11.6 Å². The van der Waals surface area contributed by atoms with E-state index in [2.05, 4.69) is 25.7 Å². The lowest BCUT2D eigenvalue weighted by atomic mass is 9.87. The molecule has 9 heteroatoms. The monoisotopic (exact) mass is 546 g/mol. The minimum Gasteiger partial charge on any atom is -0.338 e. The van der Waals surface area contributed by atoms with Crippen molar-refractivity contribution >= 4 is 23.4 Å². The van der Waals surface area contributed by atoms with Crippen LogP contribution in [0.25, 0.3) is 0 Å². The molecule has 2 amide bonds. The molecule has 0 saturated carbocycles. The van der Waals surface area contributed by atoms with Gasteiger partial charge in [0.25, 0.3) is 0 Å². The van der Waals surface area contributed by atoms with E-state index in [0.29, 0.717) is 49.7 Å². The topological polar surface area (TPSA) is 69.9 Å². The van der Waals surface area contributed by atoms with Crippen molar-refractivity contribution < 1.29 is 18.4 Å². The Morgan fingerprint density at radius 2 is 1.79 bits per heavy atom. The highest BCUT2D eigenvalue weighted by atomic mass is 35.5. The number of likely N-dealkylation sites (tertiary alicyclic amines) is 1. The number of hydrogen-bond acceptors (Lipinski definition) is 4. The van der Waals surface area contributed by atoms with Gasteiger partial charge in [-0.05, 0) is 57.4 Å². The molecule has 2 aromatic carbocycles. The maximum absolute atomic E-state index is 14.8. The first kappa shape index (κ1) is 28.5. The van der Waals surface area contributed by atoms with E-state index in [0.717, 1.165) is 11.6 Å². The van der Waals surface area contributed by atoms with Gasteiger partial charge in [0.1, 0.15) is 11.6 Å². The Bertz CT molecular complexity index is 1190. The second-order valence-corrected chi connectivity index (χ2v) is 11.9. The zero-order valence-electron chi connectivity index (χ0n) is 22.5. The van der Waals surface area contributed by atoms with Gasteiger partial charge in [0, 0.05) is 61.3 Å². The summed E-state index contributed by atoms with van der Waals surface area (Å²) >= 11 is 6.24. The van der Waals surface area contributed by atoms with Gasteiger partial charge in [-0.25, -0.2) is 8.78 Å². The standard InChI is InChI=1S/C29H37ClF2N4O2/c1-18-15-34(28(38)26(33)13-19-7-5-6-8-24(19)30)11-12-36(18)27(37)23-17-35(29(2,3)4)16-22(23)21-10-9-20(31)14-25(21)32/h5-10,14,18,22-23,26H,11-13,15-17,33H2,1-4H3/t18-,22-,23+,26-/m0/s1. The summed E-state index contributed by atoms with van der Waals surface area (Å²) in [6.45, 7) is 10.2. The molecule has 206 valence electrons. The Balaban J connectivity index is 1.46. The van der Waals surface area contributed by atoms with Crippen LogP contribution in [0.4, 0.5) is 8.78 Å². The van der Waals surface area contributed by atoms with E-state index in [1.54, 1.807) is 15.9 Å². The van der Waals surface area contributed by atoms with Crippen LogP contribution in [-0.2, 0) is 16.0 Å². The molecule has 2 heterocycles. The molecule has 0 unspecified atom stereocenters. The van der Waals surface area contributed by atoms with Gasteiger partial charge in [0.15, 0.2) is 0 Å². The Hall–Kier alpha value is -2.55. The zero-order chi connectivity index (χ0) is 27.8. The van der Waals surface area contributed by atoms with Crippen LogP contribution in [0.1, 0.15) is 44.7 Å². The number of amides is 2. The number of hydrogen-bond donors (Lipinski definition) is 1. The first-order chi connectivity index (χ1) is 17.9. The van der Waals surface area contributed by atoms with Gasteiger partial charge in [0.2, 0.25) is 11.8 Å². The molecular weight excluding hydrogens is 510 g/mol. The number of nitrogens with zero attached hydrogens (tertiary/aromatic N) is 3. The molecule has 2 fully saturated rings. The Morgan fingerprint density at radius 3 is 2.42 bits per heavy atom. The van der Waals surface area contributed by atoms with Crippen LogP contribution in [-0.4, -0.2) is 76.9 Å². The number of benzene rings is 2. The molecule has 6 nitrogen and oxygen atoms in total. The van der Waals surface area contributed by atoms with Crippen molar-refractivity contribution in [2.75, 3.05) is 32.7 Å². The summed E-state index contributed by atoms with van der Waals surface area (Å²) in [6.07, 6.45) is 0.335. The third-order valence-electron chi connectivity index (χ3n) is 7.88. The van der Waals surface area contributed by atoms with Crippen LogP contribution in [0.5, 0.6) is 0 Å². The van der Waals surface area contributed by atoms with Gasteiger partial charge in [0.05, 0.1) is 12.0 Å². The van der Waals surface area contributed by atoms with Crippen molar-refractivity contribution in [1.29, 1.82) is 0 Å². The largest absolute Gasteiger partial charge is 0.338 e. The SMILES string of the molecule is C[C@H]1CN(C(=O)[C@@H](N)Cc2ccccc2Cl)CCN1C(=O)[C@@H]1CN(C(C)(C)C)C[C@H]1c1ccc(F)cc1F. The van der Waals surface area contributed by atoms with E-state index in [1.165, 1.54) is 12.1 Å². The highest BCUT2D eigenvalue weighted by Crippen LogP contribution is 2.39. The van der Waals surface area contributed by atoms with Crippen molar-refractivity contribution in [2.24, 2.45) is 11.7 Å². The van der Waals surface area contributed by atoms with E-state index in [1.807, 2.05) is 25.1 Å². The first-order valence-corrected chi connectivity index (χ1v) is 13.5. The van der Waals surface area contributed by atoms with Gasteiger partial charge in [-0.2, -0.15) is 0 Å². The maximum Gasteiger partial charge on any atom is 0.239 e. The fraction of sp³-hybridized carbons (Fsp3) is 0.517. The minimum atomic E-state index is -0.731. The predicted molar refractivity (Wildman–Crippen MR) is 145 cm³/mol. The molecule has 4 atom stereocenters. The van der Waals surface area contributed by atoms with Crippen molar-refractivity contribution in [2.45, 2.75) is 57.7 Å². The van der Waals surface area contributed by atoms with Crippen LogP contribution in [0.3, 0.4) is 0 Å². The average Bonchev–Trinajstić information content (AvgIpc) is 3.30. The summed E-state index contributed by atoms with van der Waals surface area (Å²) in [4.78, 5) is 32.7. The van der Waals surface area contributed by atoms with Crippen molar-refractivity contribution in [3.63, 3.8) is 0 Å². The number of halogens is 3. The third-order valence-corrected chi connectivity index (χ3v) is 8.25. The summed E-state index contributed by atoms with van der Waals surface area (Å²) in [5, 5.41) is 0.576. The number of piperazine rings is 1. The smallest absolute Gasteiger partial charge is 0.239 e. The van der Waals surface area contributed by atoms with E-state index >= 15 is 0 Å². The molecule has 2 aromatic rings. The van der Waals surface area contributed by atoms with Gasteiger partial charge in [-0.1, -0.05) is 35.9 Å².